The van der Waals surface area contributed by atoms with Crippen LogP contribution in [0, 0.1) is 18.3 Å². The molecule has 11 N–H and O–H groups in total. The van der Waals surface area contributed by atoms with Crippen LogP contribution in [0.5, 0.6) is 11.5 Å². The number of ether oxygens (including phenoxy) is 2. The summed E-state index contributed by atoms with van der Waals surface area (Å²) in [6, 6.07) is 16.1. The third kappa shape index (κ3) is 13.2. The molecule has 0 saturated carbocycles. The number of carbonyl (C=O) groups excluding carboxylic acids is 6. The molecule has 366 valence electrons. The van der Waals surface area contributed by atoms with Crippen molar-refractivity contribution in [3.8, 4) is 40.0 Å². The number of rotatable bonds is 16. The molecule has 1 aromatic heterocycles. The van der Waals surface area contributed by atoms with Crippen LogP contribution >= 0.6 is 0 Å². The lowest BCUT2D eigenvalue weighted by Crippen LogP contribution is -2.56. The van der Waals surface area contributed by atoms with Crippen molar-refractivity contribution in [1.29, 1.82) is 5.26 Å². The normalized spacial score (nSPS) is 16.3. The second-order valence-electron chi connectivity index (χ2n) is 17.7. The molecular formula is C50H63N11O8. The smallest absolute Gasteiger partial charge is 0.253 e. The Morgan fingerprint density at radius 3 is 2.13 bits per heavy atom. The lowest BCUT2D eigenvalue weighted by molar-refractivity contribution is -0.141. The second-order valence-corrected chi connectivity index (χ2v) is 17.7. The number of nitrogens with two attached hydrogens (primary N) is 3. The Balaban J connectivity index is 1.59. The molecule has 19 heteroatoms. The van der Waals surface area contributed by atoms with E-state index in [0.29, 0.717) is 45.1 Å². The highest BCUT2D eigenvalue weighted by Gasteiger charge is 2.36. The predicted octanol–water partition coefficient (Wildman–Crippen LogP) is 2.49. The molecule has 0 unspecified atom stereocenters. The standard InChI is InChI=1S/C50H63N11O8/c1-28-35(27-39(58-30(3)62)43(56-28)32-9-12-34(13-10-32)50(4,5)6)46(64)59-38(16-17-51)49(67)61(7)44-33-11-15-42(69-23-20-54)37(26-33)36-24-31(8-14-41(36)68-22-19-53)25-40(47(65)55-21-18-52)60-45(63)29(2)57-48(44)66/h8-15,24,26-27,29,38,40,44H,16-17,19-23,25,51,53-54H2,1-7H3,(H,55,65)(H,57,66)(H,58,62)(H,59,64)(H,60,63)/t29-,38-,40-,44-/m0/s1. The third-order valence-corrected chi connectivity index (χ3v) is 11.4. The Morgan fingerprint density at radius 2 is 1.54 bits per heavy atom. The SMILES string of the molecule is CC(=O)Nc1cc(C(=O)N[C@@H](CCN)C(=O)N(C)[C@@H]2C(=O)N[C@@H](C)C(=O)N[C@H](C(=O)NCC#N)Cc3ccc(OCCN)c(c3)-c3cc2ccc3OCCN)c(C)nc1-c1ccc(C(C)(C)C)cc1. The summed E-state index contributed by atoms with van der Waals surface area (Å²) < 4.78 is 12.2. The van der Waals surface area contributed by atoms with Crippen LogP contribution in [0.3, 0.4) is 0 Å². The summed E-state index contributed by atoms with van der Waals surface area (Å²) in [5, 5.41) is 22.7. The summed E-state index contributed by atoms with van der Waals surface area (Å²) in [5.74, 6) is -3.19. The van der Waals surface area contributed by atoms with Gasteiger partial charge in [0.15, 0.2) is 0 Å². The van der Waals surface area contributed by atoms with Gasteiger partial charge in [-0.05, 0) is 79.3 Å². The number of nitrogens with one attached hydrogen (secondary N) is 5. The Morgan fingerprint density at radius 1 is 0.899 bits per heavy atom. The van der Waals surface area contributed by atoms with Crippen LogP contribution in [0.2, 0.25) is 0 Å². The molecule has 0 saturated heterocycles. The number of aromatic nitrogens is 1. The van der Waals surface area contributed by atoms with Gasteiger partial charge in [-0.2, -0.15) is 5.26 Å². The number of aryl methyl sites for hydroxylation is 1. The number of anilines is 1. The van der Waals surface area contributed by atoms with Crippen LogP contribution in [0.25, 0.3) is 22.4 Å². The van der Waals surface area contributed by atoms with E-state index in [0.717, 1.165) is 10.5 Å². The first-order valence-electron chi connectivity index (χ1n) is 22.7. The summed E-state index contributed by atoms with van der Waals surface area (Å²) in [4.78, 5) is 89.2. The minimum atomic E-state index is -1.44. The number of nitriles is 1. The summed E-state index contributed by atoms with van der Waals surface area (Å²) in [7, 11) is 1.39. The van der Waals surface area contributed by atoms with Crippen LogP contribution in [0.15, 0.2) is 66.7 Å². The first kappa shape index (κ1) is 52.6. The largest absolute Gasteiger partial charge is 0.492 e. The second kappa shape index (κ2) is 23.6. The van der Waals surface area contributed by atoms with Crippen molar-refractivity contribution in [2.24, 2.45) is 17.2 Å². The van der Waals surface area contributed by atoms with Crippen LogP contribution in [0.1, 0.15) is 79.8 Å². The minimum absolute atomic E-state index is 0.0135. The Bertz CT molecular complexity index is 2590. The van der Waals surface area contributed by atoms with E-state index >= 15 is 0 Å². The van der Waals surface area contributed by atoms with Crippen molar-refractivity contribution in [1.82, 2.24) is 31.2 Å². The molecule has 0 fully saturated rings. The van der Waals surface area contributed by atoms with Crippen LogP contribution < -0.4 is 53.3 Å². The zero-order valence-corrected chi connectivity index (χ0v) is 40.2. The van der Waals surface area contributed by atoms with E-state index < -0.39 is 53.7 Å². The van der Waals surface area contributed by atoms with Gasteiger partial charge in [0.1, 0.15) is 55.4 Å². The molecule has 4 atom stereocenters. The fourth-order valence-electron chi connectivity index (χ4n) is 7.83. The van der Waals surface area contributed by atoms with Gasteiger partial charge in [-0.1, -0.05) is 57.2 Å². The molecule has 0 radical (unpaired) electrons. The number of hydrogen-bond acceptors (Lipinski definition) is 13. The van der Waals surface area contributed by atoms with Crippen molar-refractivity contribution < 1.29 is 38.2 Å². The van der Waals surface area contributed by atoms with Gasteiger partial charge in [-0.25, -0.2) is 0 Å². The highest BCUT2D eigenvalue weighted by Crippen LogP contribution is 2.40. The minimum Gasteiger partial charge on any atom is -0.492 e. The number of pyridine rings is 1. The fraction of sp³-hybridized carbons (Fsp3) is 0.400. The van der Waals surface area contributed by atoms with Gasteiger partial charge >= 0.3 is 0 Å². The highest BCUT2D eigenvalue weighted by atomic mass is 16.5. The van der Waals surface area contributed by atoms with Gasteiger partial charge in [0.25, 0.3) is 5.91 Å². The molecule has 19 nitrogen and oxygen atoms in total. The van der Waals surface area contributed by atoms with E-state index in [2.05, 4.69) is 47.4 Å². The molecule has 69 heavy (non-hydrogen) atoms. The van der Waals surface area contributed by atoms with E-state index in [1.54, 1.807) is 43.3 Å². The molecule has 4 bridgehead atoms. The van der Waals surface area contributed by atoms with E-state index in [4.69, 9.17) is 31.7 Å². The maximum Gasteiger partial charge on any atom is 0.253 e. The van der Waals surface area contributed by atoms with Crippen molar-refractivity contribution in [3.05, 3.63) is 94.7 Å². The fourth-order valence-corrected chi connectivity index (χ4v) is 7.83. The van der Waals surface area contributed by atoms with Gasteiger partial charge in [0.2, 0.25) is 29.5 Å². The molecule has 2 heterocycles. The average molecular weight is 946 g/mol. The van der Waals surface area contributed by atoms with Crippen molar-refractivity contribution in [2.45, 2.75) is 84.0 Å². The number of likely N-dealkylation sites (N-methyl/N-ethyl adjacent to an activating group) is 1. The van der Waals surface area contributed by atoms with Gasteiger partial charge in [-0.15, -0.1) is 0 Å². The topological polar surface area (TPSA) is 299 Å². The molecule has 0 spiro atoms. The summed E-state index contributed by atoms with van der Waals surface area (Å²) in [6.45, 7) is 11.0. The predicted molar refractivity (Wildman–Crippen MR) is 261 cm³/mol. The van der Waals surface area contributed by atoms with E-state index in [1.807, 2.05) is 30.3 Å². The molecule has 0 aliphatic carbocycles. The summed E-state index contributed by atoms with van der Waals surface area (Å²) in [5.41, 5.74) is 22.3. The van der Waals surface area contributed by atoms with Crippen molar-refractivity contribution in [2.75, 3.05) is 51.8 Å². The Hall–Kier alpha value is -7.40. The number of fused-ring (bicyclic) bond motifs is 5. The van der Waals surface area contributed by atoms with E-state index in [1.165, 1.54) is 27.0 Å². The molecule has 1 aliphatic heterocycles. The van der Waals surface area contributed by atoms with E-state index in [9.17, 15) is 34.0 Å². The van der Waals surface area contributed by atoms with E-state index in [-0.39, 0.29) is 80.4 Å². The van der Waals surface area contributed by atoms with Gasteiger partial charge in [-0.3, -0.25) is 33.8 Å². The molecule has 5 rings (SSSR count). The molecule has 1 aliphatic rings. The molecule has 3 aromatic carbocycles. The summed E-state index contributed by atoms with van der Waals surface area (Å²) in [6.07, 6.45) is -0.0628. The van der Waals surface area contributed by atoms with Crippen molar-refractivity contribution >= 4 is 41.1 Å². The van der Waals surface area contributed by atoms with Crippen molar-refractivity contribution in [3.63, 3.8) is 0 Å². The lowest BCUT2D eigenvalue weighted by atomic mass is 9.86. The first-order valence-corrected chi connectivity index (χ1v) is 22.7. The van der Waals surface area contributed by atoms with Crippen LogP contribution in [-0.2, 0) is 35.8 Å². The van der Waals surface area contributed by atoms with Crippen LogP contribution in [0.4, 0.5) is 5.69 Å². The zero-order valence-electron chi connectivity index (χ0n) is 40.2. The number of carbonyl (C=O) groups is 6. The number of benzene rings is 3. The maximum atomic E-state index is 14.8. The quantitative estimate of drug-likeness (QED) is 0.0750. The Kier molecular flexibility index (Phi) is 17.9. The van der Waals surface area contributed by atoms with Gasteiger partial charge in [0, 0.05) is 50.2 Å². The maximum absolute atomic E-state index is 14.8. The van der Waals surface area contributed by atoms with Crippen LogP contribution in [-0.4, -0.2) is 110 Å². The van der Waals surface area contributed by atoms with Gasteiger partial charge < -0.3 is 58.2 Å². The number of hydrogen-bond donors (Lipinski definition) is 8. The average Bonchev–Trinajstić information content (AvgIpc) is 3.31. The Labute approximate surface area is 402 Å². The molecule has 6 amide bonds. The summed E-state index contributed by atoms with van der Waals surface area (Å²) >= 11 is 0. The molecule has 4 aromatic rings. The number of amides is 6. The first-order chi connectivity index (χ1) is 32.8. The monoisotopic (exact) mass is 945 g/mol. The molecular weight excluding hydrogens is 883 g/mol. The highest BCUT2D eigenvalue weighted by molar-refractivity contribution is 6.02. The lowest BCUT2D eigenvalue weighted by Gasteiger charge is -2.32. The number of nitrogens with zero attached hydrogens (tertiary/aromatic N) is 3. The zero-order chi connectivity index (χ0) is 50.6. The third-order valence-electron chi connectivity index (χ3n) is 11.4. The van der Waals surface area contributed by atoms with Gasteiger partial charge in [0.05, 0.1) is 28.7 Å².